The molecule has 72 valence electrons. The molecule has 0 radical (unpaired) electrons. The average molecular weight is 244 g/mol. The van der Waals surface area contributed by atoms with Crippen LogP contribution in [0.2, 0.25) is 0 Å². The fourth-order valence-electron chi connectivity index (χ4n) is 1.31. The van der Waals surface area contributed by atoms with Crippen molar-refractivity contribution >= 4 is 15.9 Å². The molecule has 1 rings (SSSR count). The minimum absolute atomic E-state index is 0.00572. The summed E-state index contributed by atoms with van der Waals surface area (Å²) in [5.74, 6) is 0. The van der Waals surface area contributed by atoms with Crippen LogP contribution in [0.1, 0.15) is 18.6 Å². The Morgan fingerprint density at radius 1 is 1.31 bits per heavy atom. The molecule has 0 aliphatic heterocycles. The minimum Gasteiger partial charge on any atom is -0.375 e. The third-order valence-corrected chi connectivity index (χ3v) is 2.46. The molecule has 3 heteroatoms. The normalized spacial score (nSPS) is 15.4. The van der Waals surface area contributed by atoms with Crippen LogP contribution in [0.4, 0.5) is 0 Å². The standard InChI is InChI=1S/C10H14BrNO/c1-7(12)10(13-2)8-3-5-9(11)6-4-8/h3-7,10H,12H2,1-2H3/t7-,10+/m0/s1. The monoisotopic (exact) mass is 243 g/mol. The lowest BCUT2D eigenvalue weighted by molar-refractivity contribution is 0.0853. The van der Waals surface area contributed by atoms with E-state index in [1.54, 1.807) is 7.11 Å². The fourth-order valence-corrected chi connectivity index (χ4v) is 1.57. The lowest BCUT2D eigenvalue weighted by atomic mass is 10.0. The largest absolute Gasteiger partial charge is 0.375 e. The third-order valence-electron chi connectivity index (χ3n) is 1.93. The molecule has 0 fully saturated rings. The number of halogens is 1. The molecular weight excluding hydrogens is 230 g/mol. The van der Waals surface area contributed by atoms with Gasteiger partial charge in [-0.15, -0.1) is 0 Å². The topological polar surface area (TPSA) is 35.2 Å². The van der Waals surface area contributed by atoms with Gasteiger partial charge in [0, 0.05) is 17.6 Å². The van der Waals surface area contributed by atoms with Gasteiger partial charge >= 0.3 is 0 Å². The molecule has 13 heavy (non-hydrogen) atoms. The van der Waals surface area contributed by atoms with Crippen LogP contribution in [0.5, 0.6) is 0 Å². The first kappa shape index (κ1) is 10.7. The van der Waals surface area contributed by atoms with E-state index in [0.29, 0.717) is 0 Å². The van der Waals surface area contributed by atoms with Crippen LogP contribution < -0.4 is 5.73 Å². The lowest BCUT2D eigenvalue weighted by Gasteiger charge is -2.19. The first-order chi connectivity index (χ1) is 6.15. The van der Waals surface area contributed by atoms with E-state index in [2.05, 4.69) is 15.9 Å². The van der Waals surface area contributed by atoms with Gasteiger partial charge in [0.2, 0.25) is 0 Å². The van der Waals surface area contributed by atoms with E-state index in [1.165, 1.54) is 0 Å². The van der Waals surface area contributed by atoms with E-state index in [-0.39, 0.29) is 12.1 Å². The Kier molecular flexibility index (Phi) is 3.90. The molecule has 1 aromatic rings. The first-order valence-corrected chi connectivity index (χ1v) is 4.98. The molecule has 2 N–H and O–H groups in total. The maximum absolute atomic E-state index is 5.78. The van der Waals surface area contributed by atoms with Gasteiger partial charge in [0.15, 0.2) is 0 Å². The second-order valence-electron chi connectivity index (χ2n) is 3.07. The fraction of sp³-hybridized carbons (Fsp3) is 0.400. The van der Waals surface area contributed by atoms with Crippen LogP contribution in [0.15, 0.2) is 28.7 Å². The third kappa shape index (κ3) is 2.79. The highest BCUT2D eigenvalue weighted by molar-refractivity contribution is 9.10. The number of nitrogens with two attached hydrogens (primary N) is 1. The summed E-state index contributed by atoms with van der Waals surface area (Å²) in [6.45, 7) is 1.94. The second-order valence-corrected chi connectivity index (χ2v) is 3.98. The molecule has 0 spiro atoms. The zero-order chi connectivity index (χ0) is 9.84. The maximum Gasteiger partial charge on any atom is 0.0969 e. The van der Waals surface area contributed by atoms with Gasteiger partial charge in [-0.3, -0.25) is 0 Å². The molecule has 2 atom stereocenters. The van der Waals surface area contributed by atoms with Crippen molar-refractivity contribution in [2.24, 2.45) is 5.73 Å². The van der Waals surface area contributed by atoms with Crippen molar-refractivity contribution in [2.45, 2.75) is 19.1 Å². The van der Waals surface area contributed by atoms with Crippen molar-refractivity contribution < 1.29 is 4.74 Å². The predicted octanol–water partition coefficient (Wildman–Crippen LogP) is 2.48. The highest BCUT2D eigenvalue weighted by atomic mass is 79.9. The molecular formula is C10H14BrNO. The van der Waals surface area contributed by atoms with Gasteiger partial charge in [-0.1, -0.05) is 28.1 Å². The Balaban J connectivity index is 2.86. The molecule has 0 bridgehead atoms. The first-order valence-electron chi connectivity index (χ1n) is 4.19. The molecule has 0 aliphatic rings. The van der Waals surface area contributed by atoms with E-state index in [1.807, 2.05) is 31.2 Å². The lowest BCUT2D eigenvalue weighted by Crippen LogP contribution is -2.25. The van der Waals surface area contributed by atoms with Crippen LogP contribution in [-0.4, -0.2) is 13.2 Å². The Labute approximate surface area is 87.2 Å². The molecule has 0 saturated heterocycles. The minimum atomic E-state index is -0.0203. The number of hydrogen-bond donors (Lipinski definition) is 1. The maximum atomic E-state index is 5.78. The van der Waals surface area contributed by atoms with Gasteiger partial charge in [0.1, 0.15) is 0 Å². The summed E-state index contributed by atoms with van der Waals surface area (Å²) in [4.78, 5) is 0. The zero-order valence-electron chi connectivity index (χ0n) is 7.83. The number of rotatable bonds is 3. The summed E-state index contributed by atoms with van der Waals surface area (Å²) in [6.07, 6.45) is -0.0203. The van der Waals surface area contributed by atoms with Crippen molar-refractivity contribution in [2.75, 3.05) is 7.11 Å². The second kappa shape index (κ2) is 4.74. The average Bonchev–Trinajstić information content (AvgIpc) is 2.09. The number of methoxy groups -OCH3 is 1. The Morgan fingerprint density at radius 3 is 2.23 bits per heavy atom. The molecule has 0 aliphatic carbocycles. The van der Waals surface area contributed by atoms with Crippen molar-refractivity contribution in [3.8, 4) is 0 Å². The summed E-state index contributed by atoms with van der Waals surface area (Å²) in [5.41, 5.74) is 6.89. The van der Waals surface area contributed by atoms with Crippen LogP contribution in [0.25, 0.3) is 0 Å². The summed E-state index contributed by atoms with van der Waals surface area (Å²) in [7, 11) is 1.68. The summed E-state index contributed by atoms with van der Waals surface area (Å²) in [6, 6.07) is 8.02. The van der Waals surface area contributed by atoms with Gasteiger partial charge in [-0.25, -0.2) is 0 Å². The van der Waals surface area contributed by atoms with Gasteiger partial charge in [0.25, 0.3) is 0 Å². The van der Waals surface area contributed by atoms with Crippen molar-refractivity contribution in [1.82, 2.24) is 0 Å². The van der Waals surface area contributed by atoms with Gasteiger partial charge in [0.05, 0.1) is 6.10 Å². The highest BCUT2D eigenvalue weighted by Crippen LogP contribution is 2.21. The highest BCUT2D eigenvalue weighted by Gasteiger charge is 2.14. The van der Waals surface area contributed by atoms with Crippen molar-refractivity contribution in [3.05, 3.63) is 34.3 Å². The van der Waals surface area contributed by atoms with E-state index >= 15 is 0 Å². The van der Waals surface area contributed by atoms with Crippen LogP contribution >= 0.6 is 15.9 Å². The van der Waals surface area contributed by atoms with Gasteiger partial charge in [-0.05, 0) is 24.6 Å². The molecule has 0 aromatic heterocycles. The SMILES string of the molecule is CO[C@@H](c1ccc(Br)cc1)[C@H](C)N. The van der Waals surface area contributed by atoms with E-state index in [0.717, 1.165) is 10.0 Å². The Bertz CT molecular complexity index is 258. The Morgan fingerprint density at radius 2 is 1.85 bits per heavy atom. The van der Waals surface area contributed by atoms with Crippen LogP contribution in [0, 0.1) is 0 Å². The molecule has 0 amide bonds. The molecule has 0 heterocycles. The zero-order valence-corrected chi connectivity index (χ0v) is 9.41. The van der Waals surface area contributed by atoms with E-state index < -0.39 is 0 Å². The number of ether oxygens (including phenoxy) is 1. The summed E-state index contributed by atoms with van der Waals surface area (Å²) < 4.78 is 6.36. The predicted molar refractivity (Wildman–Crippen MR) is 57.5 cm³/mol. The summed E-state index contributed by atoms with van der Waals surface area (Å²) in [5, 5.41) is 0. The van der Waals surface area contributed by atoms with Gasteiger partial charge in [-0.2, -0.15) is 0 Å². The summed E-state index contributed by atoms with van der Waals surface area (Å²) >= 11 is 3.38. The van der Waals surface area contributed by atoms with Crippen LogP contribution in [-0.2, 0) is 4.74 Å². The van der Waals surface area contributed by atoms with Crippen molar-refractivity contribution in [3.63, 3.8) is 0 Å². The molecule has 0 saturated carbocycles. The molecule has 1 aromatic carbocycles. The number of hydrogen-bond acceptors (Lipinski definition) is 2. The smallest absolute Gasteiger partial charge is 0.0969 e. The van der Waals surface area contributed by atoms with E-state index in [4.69, 9.17) is 10.5 Å². The van der Waals surface area contributed by atoms with Crippen LogP contribution in [0.3, 0.4) is 0 Å². The Hall–Kier alpha value is -0.380. The van der Waals surface area contributed by atoms with Gasteiger partial charge < -0.3 is 10.5 Å². The number of benzene rings is 1. The van der Waals surface area contributed by atoms with E-state index in [9.17, 15) is 0 Å². The molecule has 0 unspecified atom stereocenters. The van der Waals surface area contributed by atoms with Crippen molar-refractivity contribution in [1.29, 1.82) is 0 Å². The molecule has 2 nitrogen and oxygen atoms in total. The quantitative estimate of drug-likeness (QED) is 0.886.